The van der Waals surface area contributed by atoms with Gasteiger partial charge in [0.2, 0.25) is 0 Å². The van der Waals surface area contributed by atoms with Crippen molar-refractivity contribution < 1.29 is 9.90 Å². The number of para-hydroxylation sites is 1. The highest BCUT2D eigenvalue weighted by atomic mass is 16.4. The molecule has 94 valence electrons. The molecule has 0 amide bonds. The summed E-state index contributed by atoms with van der Waals surface area (Å²) < 4.78 is 1.68. The lowest BCUT2D eigenvalue weighted by Crippen LogP contribution is -2.25. The van der Waals surface area contributed by atoms with Gasteiger partial charge in [0, 0.05) is 5.41 Å². The topological polar surface area (TPSA) is 68.0 Å². The van der Waals surface area contributed by atoms with Crippen molar-refractivity contribution in [3.63, 3.8) is 0 Å². The lowest BCUT2D eigenvalue weighted by atomic mass is 9.86. The summed E-state index contributed by atoms with van der Waals surface area (Å²) in [6.07, 6.45) is 1.66. The summed E-state index contributed by atoms with van der Waals surface area (Å²) in [5.41, 5.74) is 1.14. The molecule has 1 aromatic carbocycles. The van der Waals surface area contributed by atoms with Gasteiger partial charge in [0.05, 0.1) is 24.0 Å². The van der Waals surface area contributed by atoms with Gasteiger partial charge >= 0.3 is 5.97 Å². The molecule has 0 aliphatic rings. The highest BCUT2D eigenvalue weighted by Gasteiger charge is 2.28. The molecule has 0 radical (unpaired) electrons. The Morgan fingerprint density at radius 1 is 1.33 bits per heavy atom. The number of hydrogen-bond donors (Lipinski definition) is 1. The first kappa shape index (κ1) is 12.3. The van der Waals surface area contributed by atoms with Gasteiger partial charge in [-0.3, -0.25) is 4.79 Å². The first-order valence-corrected chi connectivity index (χ1v) is 5.69. The van der Waals surface area contributed by atoms with Gasteiger partial charge in [-0.25, -0.2) is 4.68 Å². The summed E-state index contributed by atoms with van der Waals surface area (Å²) in [4.78, 5) is 10.9. The second kappa shape index (κ2) is 4.60. The second-order valence-electron chi connectivity index (χ2n) is 4.82. The van der Waals surface area contributed by atoms with Gasteiger partial charge in [-0.2, -0.15) is 0 Å². The van der Waals surface area contributed by atoms with E-state index in [1.54, 1.807) is 10.9 Å². The molecule has 2 aromatic rings. The van der Waals surface area contributed by atoms with Crippen LogP contribution in [0.25, 0.3) is 5.69 Å². The first-order valence-electron chi connectivity index (χ1n) is 5.69. The molecule has 0 bridgehead atoms. The molecule has 1 heterocycles. The van der Waals surface area contributed by atoms with Gasteiger partial charge in [-0.15, -0.1) is 5.10 Å². The Bertz CT molecular complexity index is 546. The molecule has 1 aromatic heterocycles. The SMILES string of the molecule is CC(C)(CC(=O)O)c1cnnn1-c1ccccc1. The third-order valence-electron chi connectivity index (χ3n) is 2.84. The second-order valence-corrected chi connectivity index (χ2v) is 4.82. The first-order chi connectivity index (χ1) is 8.50. The molecule has 18 heavy (non-hydrogen) atoms. The molecule has 0 unspecified atom stereocenters. The van der Waals surface area contributed by atoms with E-state index < -0.39 is 11.4 Å². The molecule has 5 nitrogen and oxygen atoms in total. The maximum Gasteiger partial charge on any atom is 0.304 e. The number of carboxylic acids is 1. The highest BCUT2D eigenvalue weighted by Crippen LogP contribution is 2.27. The molecule has 0 aliphatic heterocycles. The summed E-state index contributed by atoms with van der Waals surface area (Å²) in [5, 5.41) is 16.9. The fourth-order valence-corrected chi connectivity index (χ4v) is 1.92. The van der Waals surface area contributed by atoms with Crippen LogP contribution in [0, 0.1) is 0 Å². The zero-order chi connectivity index (χ0) is 13.2. The van der Waals surface area contributed by atoms with Crippen molar-refractivity contribution >= 4 is 5.97 Å². The Labute approximate surface area is 105 Å². The maximum atomic E-state index is 10.9. The van der Waals surface area contributed by atoms with Crippen LogP contribution in [0.15, 0.2) is 36.5 Å². The fourth-order valence-electron chi connectivity index (χ4n) is 1.92. The van der Waals surface area contributed by atoms with E-state index in [2.05, 4.69) is 10.3 Å². The number of carbonyl (C=O) groups is 1. The van der Waals surface area contributed by atoms with Gasteiger partial charge in [0.25, 0.3) is 0 Å². The average Bonchev–Trinajstić information content (AvgIpc) is 2.78. The molecular formula is C13H15N3O2. The van der Waals surface area contributed by atoms with Crippen molar-refractivity contribution in [3.8, 4) is 5.69 Å². The van der Waals surface area contributed by atoms with E-state index in [9.17, 15) is 4.79 Å². The van der Waals surface area contributed by atoms with E-state index in [4.69, 9.17) is 5.11 Å². The minimum absolute atomic E-state index is 0.0349. The van der Waals surface area contributed by atoms with Crippen LogP contribution in [0.2, 0.25) is 0 Å². The van der Waals surface area contributed by atoms with Gasteiger partial charge in [-0.05, 0) is 12.1 Å². The van der Waals surface area contributed by atoms with Crippen molar-refractivity contribution in [2.45, 2.75) is 25.7 Å². The summed E-state index contributed by atoms with van der Waals surface area (Å²) in [7, 11) is 0. The fraction of sp³-hybridized carbons (Fsp3) is 0.308. The highest BCUT2D eigenvalue weighted by molar-refractivity contribution is 5.68. The summed E-state index contributed by atoms with van der Waals surface area (Å²) in [6.45, 7) is 3.75. The predicted molar refractivity (Wildman–Crippen MR) is 66.6 cm³/mol. The Kier molecular flexibility index (Phi) is 3.14. The summed E-state index contributed by atoms with van der Waals surface area (Å²) >= 11 is 0. The lowest BCUT2D eigenvalue weighted by molar-refractivity contribution is -0.138. The van der Waals surface area contributed by atoms with E-state index >= 15 is 0 Å². The molecule has 0 fully saturated rings. The van der Waals surface area contributed by atoms with Crippen LogP contribution in [0.1, 0.15) is 26.0 Å². The number of rotatable bonds is 4. The molecule has 2 rings (SSSR count). The van der Waals surface area contributed by atoms with E-state index in [0.717, 1.165) is 11.4 Å². The van der Waals surface area contributed by atoms with Crippen molar-refractivity contribution in [1.82, 2.24) is 15.0 Å². The largest absolute Gasteiger partial charge is 0.481 e. The van der Waals surface area contributed by atoms with Crippen LogP contribution in [0.4, 0.5) is 0 Å². The number of carboxylic acid groups (broad SMARTS) is 1. The Hall–Kier alpha value is -2.17. The van der Waals surface area contributed by atoms with E-state index in [0.29, 0.717) is 0 Å². The van der Waals surface area contributed by atoms with Crippen molar-refractivity contribution in [2.24, 2.45) is 0 Å². The minimum Gasteiger partial charge on any atom is -0.481 e. The van der Waals surface area contributed by atoms with Gasteiger partial charge < -0.3 is 5.11 Å². The third kappa shape index (κ3) is 2.40. The van der Waals surface area contributed by atoms with Crippen LogP contribution >= 0.6 is 0 Å². The molecule has 1 N–H and O–H groups in total. The number of aromatic nitrogens is 3. The van der Waals surface area contributed by atoms with Crippen LogP contribution in [-0.2, 0) is 10.2 Å². The lowest BCUT2D eigenvalue weighted by Gasteiger charge is -2.22. The Morgan fingerprint density at radius 3 is 2.61 bits per heavy atom. The smallest absolute Gasteiger partial charge is 0.304 e. The normalized spacial score (nSPS) is 11.4. The Balaban J connectivity index is 2.42. The standard InChI is InChI=1S/C13H15N3O2/c1-13(2,8-12(17)18)11-9-14-15-16(11)10-6-4-3-5-7-10/h3-7,9H,8H2,1-2H3,(H,17,18). The maximum absolute atomic E-state index is 10.9. The summed E-state index contributed by atoms with van der Waals surface area (Å²) in [6, 6.07) is 9.56. The molecule has 0 saturated heterocycles. The number of nitrogens with zero attached hydrogens (tertiary/aromatic N) is 3. The van der Waals surface area contributed by atoms with Gasteiger partial charge in [0.1, 0.15) is 0 Å². The number of benzene rings is 1. The zero-order valence-corrected chi connectivity index (χ0v) is 10.4. The molecular weight excluding hydrogens is 230 g/mol. The van der Waals surface area contributed by atoms with E-state index in [1.165, 1.54) is 0 Å². The third-order valence-corrected chi connectivity index (χ3v) is 2.84. The van der Waals surface area contributed by atoms with Crippen LogP contribution in [-0.4, -0.2) is 26.1 Å². The van der Waals surface area contributed by atoms with Crippen molar-refractivity contribution in [2.75, 3.05) is 0 Å². The Morgan fingerprint density at radius 2 is 2.00 bits per heavy atom. The molecule has 5 heteroatoms. The molecule has 0 atom stereocenters. The minimum atomic E-state index is -0.833. The quantitative estimate of drug-likeness (QED) is 0.894. The monoisotopic (exact) mass is 245 g/mol. The van der Waals surface area contributed by atoms with Gasteiger partial charge in [-0.1, -0.05) is 37.3 Å². The predicted octanol–water partition coefficient (Wildman–Crippen LogP) is 2.02. The van der Waals surface area contributed by atoms with E-state index in [1.807, 2.05) is 44.2 Å². The van der Waals surface area contributed by atoms with Crippen molar-refractivity contribution in [3.05, 3.63) is 42.2 Å². The number of aliphatic carboxylic acids is 1. The van der Waals surface area contributed by atoms with Crippen LogP contribution < -0.4 is 0 Å². The molecule has 0 spiro atoms. The molecule has 0 saturated carbocycles. The van der Waals surface area contributed by atoms with Crippen molar-refractivity contribution in [1.29, 1.82) is 0 Å². The zero-order valence-electron chi connectivity index (χ0n) is 10.4. The van der Waals surface area contributed by atoms with Crippen LogP contribution in [0.3, 0.4) is 0 Å². The average molecular weight is 245 g/mol. The van der Waals surface area contributed by atoms with Crippen LogP contribution in [0.5, 0.6) is 0 Å². The van der Waals surface area contributed by atoms with Gasteiger partial charge in [0.15, 0.2) is 0 Å². The molecule has 0 aliphatic carbocycles. The summed E-state index contributed by atoms with van der Waals surface area (Å²) in [5.74, 6) is -0.833. The van der Waals surface area contributed by atoms with E-state index in [-0.39, 0.29) is 6.42 Å². The number of hydrogen-bond acceptors (Lipinski definition) is 3.